The molecule has 1 unspecified atom stereocenters. The molecule has 0 aromatic heterocycles. The lowest BCUT2D eigenvalue weighted by Crippen LogP contribution is -2.34. The van der Waals surface area contributed by atoms with Crippen molar-refractivity contribution in [2.75, 3.05) is 5.32 Å². The quantitative estimate of drug-likeness (QED) is 0.686. The summed E-state index contributed by atoms with van der Waals surface area (Å²) in [7, 11) is 0. The van der Waals surface area contributed by atoms with Crippen molar-refractivity contribution in [3.63, 3.8) is 0 Å². The van der Waals surface area contributed by atoms with E-state index in [2.05, 4.69) is 22.9 Å². The first kappa shape index (κ1) is 19.5. The lowest BCUT2D eigenvalue weighted by Gasteiger charge is -2.19. The van der Waals surface area contributed by atoms with Crippen LogP contribution in [0.2, 0.25) is 0 Å². The summed E-state index contributed by atoms with van der Waals surface area (Å²) in [5.41, 5.74) is 2.19. The molecule has 0 radical (unpaired) electrons. The summed E-state index contributed by atoms with van der Waals surface area (Å²) >= 11 is 0. The van der Waals surface area contributed by atoms with Gasteiger partial charge in [-0.2, -0.15) is 0 Å². The third-order valence-corrected chi connectivity index (χ3v) is 3.89. The maximum atomic E-state index is 12.7. The van der Waals surface area contributed by atoms with Crippen LogP contribution in [0.15, 0.2) is 54.6 Å². The average molecular weight is 353 g/mol. The Hall–Kier alpha value is -2.82. The smallest absolute Gasteiger partial charge is 0.319 e. The second-order valence-electron chi connectivity index (χ2n) is 6.56. The van der Waals surface area contributed by atoms with Crippen LogP contribution in [-0.4, -0.2) is 18.0 Å². The minimum Gasteiger partial charge on any atom is -0.345 e. The van der Waals surface area contributed by atoms with Crippen molar-refractivity contribution in [1.82, 2.24) is 10.6 Å². The number of anilines is 1. The van der Waals surface area contributed by atoms with Gasteiger partial charge in [0, 0.05) is 17.3 Å². The van der Waals surface area contributed by atoms with E-state index in [4.69, 9.17) is 0 Å². The molecule has 5 nitrogen and oxygen atoms in total. The Balaban J connectivity index is 2.08. The fraction of sp³-hybridized carbons (Fsp3) is 0.333. The van der Waals surface area contributed by atoms with Crippen LogP contribution in [-0.2, 0) is 0 Å². The lowest BCUT2D eigenvalue weighted by molar-refractivity contribution is 0.0934. The normalized spacial score (nSPS) is 11.7. The number of nitrogens with one attached hydrogen (secondary N) is 3. The Labute approximate surface area is 155 Å². The highest BCUT2D eigenvalue weighted by atomic mass is 16.2. The average Bonchev–Trinajstić information content (AvgIpc) is 2.61. The third kappa shape index (κ3) is 5.92. The number of hydrogen-bond acceptors (Lipinski definition) is 2. The van der Waals surface area contributed by atoms with Gasteiger partial charge < -0.3 is 16.0 Å². The van der Waals surface area contributed by atoms with Crippen molar-refractivity contribution in [3.8, 4) is 0 Å². The molecule has 0 bridgehead atoms. The molecular weight excluding hydrogens is 326 g/mol. The van der Waals surface area contributed by atoms with Crippen LogP contribution < -0.4 is 16.0 Å². The molecule has 2 aromatic carbocycles. The summed E-state index contributed by atoms with van der Waals surface area (Å²) in [5, 5.41) is 8.60. The van der Waals surface area contributed by atoms with Crippen LogP contribution in [0.3, 0.4) is 0 Å². The maximum Gasteiger partial charge on any atom is 0.319 e. The van der Waals surface area contributed by atoms with E-state index in [-0.39, 0.29) is 24.0 Å². The molecule has 0 aliphatic carbocycles. The van der Waals surface area contributed by atoms with Gasteiger partial charge in [-0.3, -0.25) is 4.79 Å². The van der Waals surface area contributed by atoms with Gasteiger partial charge in [0.15, 0.2) is 0 Å². The zero-order valence-electron chi connectivity index (χ0n) is 15.6. The molecule has 0 aliphatic heterocycles. The Morgan fingerprint density at radius 3 is 2.35 bits per heavy atom. The van der Waals surface area contributed by atoms with Gasteiger partial charge in [-0.1, -0.05) is 49.7 Å². The summed E-state index contributed by atoms with van der Waals surface area (Å²) in [6.45, 7) is 5.88. The highest BCUT2D eigenvalue weighted by Crippen LogP contribution is 2.19. The molecule has 0 heterocycles. The van der Waals surface area contributed by atoms with Crippen LogP contribution in [0.25, 0.3) is 0 Å². The molecule has 2 rings (SSSR count). The zero-order valence-corrected chi connectivity index (χ0v) is 15.6. The van der Waals surface area contributed by atoms with Crippen LogP contribution in [0.4, 0.5) is 10.5 Å². The molecule has 3 amide bonds. The molecule has 0 aliphatic rings. The summed E-state index contributed by atoms with van der Waals surface area (Å²) < 4.78 is 0. The highest BCUT2D eigenvalue weighted by Gasteiger charge is 2.15. The first-order valence-electron chi connectivity index (χ1n) is 9.03. The Morgan fingerprint density at radius 2 is 1.69 bits per heavy atom. The standard InChI is InChI=1S/C21H27N3O2/c1-4-9-19(16-10-6-5-7-11-16)24-20(25)17-12-8-13-18(14-17)23-21(26)22-15(2)3/h5-8,10-15,19H,4,9H2,1-3H3,(H,24,25)(H2,22,23,26). The largest absolute Gasteiger partial charge is 0.345 e. The van der Waals surface area contributed by atoms with Crippen molar-refractivity contribution in [3.05, 3.63) is 65.7 Å². The molecular formula is C21H27N3O2. The minimum atomic E-state index is -0.286. The molecule has 0 saturated carbocycles. The van der Waals surface area contributed by atoms with E-state index in [1.54, 1.807) is 24.3 Å². The van der Waals surface area contributed by atoms with Crippen molar-refractivity contribution in [2.24, 2.45) is 0 Å². The van der Waals surface area contributed by atoms with Crippen LogP contribution >= 0.6 is 0 Å². The van der Waals surface area contributed by atoms with E-state index in [0.717, 1.165) is 18.4 Å². The zero-order chi connectivity index (χ0) is 18.9. The van der Waals surface area contributed by atoms with E-state index in [0.29, 0.717) is 11.3 Å². The molecule has 2 aromatic rings. The Bertz CT molecular complexity index is 729. The fourth-order valence-electron chi connectivity index (χ4n) is 2.71. The number of hydrogen-bond donors (Lipinski definition) is 3. The molecule has 26 heavy (non-hydrogen) atoms. The Morgan fingerprint density at radius 1 is 0.962 bits per heavy atom. The van der Waals surface area contributed by atoms with E-state index in [1.807, 2.05) is 44.2 Å². The molecule has 3 N–H and O–H groups in total. The van der Waals surface area contributed by atoms with Crippen LogP contribution in [0, 0.1) is 0 Å². The second kappa shape index (κ2) is 9.61. The van der Waals surface area contributed by atoms with Gasteiger partial charge in [0.2, 0.25) is 0 Å². The van der Waals surface area contributed by atoms with Gasteiger partial charge in [-0.15, -0.1) is 0 Å². The molecule has 0 saturated heterocycles. The minimum absolute atomic E-state index is 0.0328. The first-order valence-corrected chi connectivity index (χ1v) is 9.03. The molecule has 0 fully saturated rings. The summed E-state index contributed by atoms with van der Waals surface area (Å²) in [4.78, 5) is 24.5. The number of urea groups is 1. The van der Waals surface area contributed by atoms with E-state index >= 15 is 0 Å². The van der Waals surface area contributed by atoms with Gasteiger partial charge in [0.1, 0.15) is 0 Å². The molecule has 1 atom stereocenters. The number of amides is 3. The maximum absolute atomic E-state index is 12.7. The molecule has 138 valence electrons. The molecule has 5 heteroatoms. The first-order chi connectivity index (χ1) is 12.5. The Kier molecular flexibility index (Phi) is 7.21. The monoisotopic (exact) mass is 353 g/mol. The number of rotatable bonds is 7. The second-order valence-corrected chi connectivity index (χ2v) is 6.56. The van der Waals surface area contributed by atoms with E-state index in [9.17, 15) is 9.59 Å². The topological polar surface area (TPSA) is 70.2 Å². The SMILES string of the molecule is CCCC(NC(=O)c1cccc(NC(=O)NC(C)C)c1)c1ccccc1. The predicted molar refractivity (Wildman–Crippen MR) is 105 cm³/mol. The summed E-state index contributed by atoms with van der Waals surface area (Å²) in [6.07, 6.45) is 1.83. The van der Waals surface area contributed by atoms with E-state index < -0.39 is 0 Å². The van der Waals surface area contributed by atoms with Crippen molar-refractivity contribution in [2.45, 2.75) is 45.7 Å². The fourth-order valence-corrected chi connectivity index (χ4v) is 2.71. The van der Waals surface area contributed by atoms with Gasteiger partial charge in [-0.25, -0.2) is 4.79 Å². The molecule has 0 spiro atoms. The van der Waals surface area contributed by atoms with Gasteiger partial charge in [-0.05, 0) is 44.0 Å². The van der Waals surface area contributed by atoms with Gasteiger partial charge in [0.05, 0.1) is 6.04 Å². The van der Waals surface area contributed by atoms with Crippen molar-refractivity contribution in [1.29, 1.82) is 0 Å². The van der Waals surface area contributed by atoms with Crippen molar-refractivity contribution < 1.29 is 9.59 Å². The number of carbonyl (C=O) groups excluding carboxylic acids is 2. The van der Waals surface area contributed by atoms with E-state index in [1.165, 1.54) is 0 Å². The highest BCUT2D eigenvalue weighted by molar-refractivity contribution is 5.97. The third-order valence-electron chi connectivity index (χ3n) is 3.89. The number of carbonyl (C=O) groups is 2. The summed E-state index contributed by atoms with van der Waals surface area (Å²) in [5.74, 6) is -0.153. The van der Waals surface area contributed by atoms with Gasteiger partial charge in [0.25, 0.3) is 5.91 Å². The van der Waals surface area contributed by atoms with Crippen LogP contribution in [0.5, 0.6) is 0 Å². The number of benzene rings is 2. The predicted octanol–water partition coefficient (Wildman–Crippen LogP) is 4.49. The van der Waals surface area contributed by atoms with Crippen LogP contribution in [0.1, 0.15) is 55.6 Å². The lowest BCUT2D eigenvalue weighted by atomic mass is 10.0. The van der Waals surface area contributed by atoms with Crippen molar-refractivity contribution >= 4 is 17.6 Å². The van der Waals surface area contributed by atoms with Gasteiger partial charge >= 0.3 is 6.03 Å². The summed E-state index contributed by atoms with van der Waals surface area (Å²) in [6, 6.07) is 16.6.